The number of thiophene rings is 1. The number of carbonyl (C=O) groups excluding carboxylic acids is 3. The molecular formula is C20H22ClN3O5S. The molecule has 1 heterocycles. The highest BCUT2D eigenvalue weighted by molar-refractivity contribution is 7.12. The van der Waals surface area contributed by atoms with Gasteiger partial charge in [0.15, 0.2) is 0 Å². The number of hydrogen-bond acceptors (Lipinski definition) is 5. The Labute approximate surface area is 182 Å². The molecule has 30 heavy (non-hydrogen) atoms. The van der Waals surface area contributed by atoms with Gasteiger partial charge < -0.3 is 21.1 Å². The lowest BCUT2D eigenvalue weighted by atomic mass is 10.1. The number of hydrogen-bond donors (Lipinski definition) is 4. The summed E-state index contributed by atoms with van der Waals surface area (Å²) in [6.45, 7) is 3.24. The molecule has 2 atom stereocenters. The van der Waals surface area contributed by atoms with Gasteiger partial charge in [0.25, 0.3) is 11.8 Å². The number of benzene rings is 1. The molecule has 10 heteroatoms. The predicted molar refractivity (Wildman–Crippen MR) is 115 cm³/mol. The van der Waals surface area contributed by atoms with E-state index in [-0.39, 0.29) is 16.5 Å². The number of carbonyl (C=O) groups is 4. The molecule has 0 bridgehead atoms. The first-order valence-electron chi connectivity index (χ1n) is 9.21. The van der Waals surface area contributed by atoms with Crippen molar-refractivity contribution in [1.29, 1.82) is 0 Å². The zero-order chi connectivity index (χ0) is 22.3. The maximum absolute atomic E-state index is 12.6. The van der Waals surface area contributed by atoms with Crippen molar-refractivity contribution in [1.82, 2.24) is 10.6 Å². The van der Waals surface area contributed by atoms with Crippen molar-refractivity contribution >= 4 is 52.3 Å². The monoisotopic (exact) mass is 451 g/mol. The Morgan fingerprint density at radius 1 is 1.13 bits per heavy atom. The molecule has 1 aromatic heterocycles. The maximum Gasteiger partial charge on any atom is 0.325 e. The summed E-state index contributed by atoms with van der Waals surface area (Å²) in [5, 5.41) is 18.4. The number of amides is 3. The highest BCUT2D eigenvalue weighted by atomic mass is 35.5. The standard InChI is InChI=1S/C20H22ClN3O5S/c1-3-5-15(24-19(27)16-6-4-9-30-16)18(26)23-12-7-8-13(14(21)10-12)17(25)22-11(2)20(28)29/h4,6-11,15H,3,5H2,1-2H3,(H,22,25)(H,23,26)(H,24,27)(H,28,29)/t11-,15?/m0/s1. The van der Waals surface area contributed by atoms with Gasteiger partial charge in [0.2, 0.25) is 5.91 Å². The van der Waals surface area contributed by atoms with E-state index in [4.69, 9.17) is 16.7 Å². The van der Waals surface area contributed by atoms with Gasteiger partial charge in [0, 0.05) is 5.69 Å². The molecule has 2 rings (SSSR count). The minimum Gasteiger partial charge on any atom is -0.480 e. The van der Waals surface area contributed by atoms with Crippen molar-refractivity contribution in [3.05, 3.63) is 51.2 Å². The summed E-state index contributed by atoms with van der Waals surface area (Å²) in [6, 6.07) is 5.89. The Morgan fingerprint density at radius 2 is 1.87 bits per heavy atom. The van der Waals surface area contributed by atoms with Gasteiger partial charge in [-0.15, -0.1) is 11.3 Å². The molecule has 0 saturated heterocycles. The van der Waals surface area contributed by atoms with Gasteiger partial charge >= 0.3 is 5.97 Å². The third kappa shape index (κ3) is 6.30. The molecule has 160 valence electrons. The summed E-state index contributed by atoms with van der Waals surface area (Å²) >= 11 is 7.42. The number of carboxylic acids is 1. The SMILES string of the molecule is CCCC(NC(=O)c1cccs1)C(=O)Nc1ccc(C(=O)N[C@@H](C)C(=O)O)c(Cl)c1. The zero-order valence-electron chi connectivity index (χ0n) is 16.4. The quantitative estimate of drug-likeness (QED) is 0.466. The minimum atomic E-state index is -1.17. The number of halogens is 1. The topological polar surface area (TPSA) is 125 Å². The molecule has 1 unspecified atom stereocenters. The second kappa shape index (κ2) is 10.7. The highest BCUT2D eigenvalue weighted by Crippen LogP contribution is 2.21. The first-order chi connectivity index (χ1) is 14.2. The van der Waals surface area contributed by atoms with E-state index in [0.717, 1.165) is 0 Å². The van der Waals surface area contributed by atoms with E-state index in [2.05, 4.69) is 16.0 Å². The normalized spacial score (nSPS) is 12.5. The van der Waals surface area contributed by atoms with E-state index in [0.29, 0.717) is 23.4 Å². The first-order valence-corrected chi connectivity index (χ1v) is 10.5. The molecule has 0 aliphatic rings. The van der Waals surface area contributed by atoms with E-state index >= 15 is 0 Å². The molecule has 8 nitrogen and oxygen atoms in total. The average Bonchev–Trinajstić information content (AvgIpc) is 3.22. The maximum atomic E-state index is 12.6. The molecule has 1 aromatic carbocycles. The molecule has 4 N–H and O–H groups in total. The fourth-order valence-corrected chi connectivity index (χ4v) is 3.43. The fraction of sp³-hybridized carbons (Fsp3) is 0.300. The summed E-state index contributed by atoms with van der Waals surface area (Å²) in [7, 11) is 0. The summed E-state index contributed by atoms with van der Waals surface area (Å²) in [5.74, 6) is -2.54. The number of nitrogens with one attached hydrogen (secondary N) is 3. The van der Waals surface area contributed by atoms with Crippen LogP contribution in [-0.4, -0.2) is 40.9 Å². The molecular weight excluding hydrogens is 430 g/mol. The summed E-state index contributed by atoms with van der Waals surface area (Å²) in [6.07, 6.45) is 1.13. The molecule has 0 aliphatic carbocycles. The van der Waals surface area contributed by atoms with E-state index in [1.54, 1.807) is 17.5 Å². The van der Waals surface area contributed by atoms with Gasteiger partial charge in [-0.3, -0.25) is 19.2 Å². The van der Waals surface area contributed by atoms with Crippen LogP contribution in [0.2, 0.25) is 5.02 Å². The Hall–Kier alpha value is -2.91. The van der Waals surface area contributed by atoms with Crippen LogP contribution in [0.3, 0.4) is 0 Å². The van der Waals surface area contributed by atoms with Crippen LogP contribution in [0.1, 0.15) is 46.7 Å². The summed E-state index contributed by atoms with van der Waals surface area (Å²) in [4.78, 5) is 48.4. The Bertz CT molecular complexity index is 933. The first kappa shape index (κ1) is 23.4. The largest absolute Gasteiger partial charge is 0.480 e. The number of aliphatic carboxylic acids is 1. The van der Waals surface area contributed by atoms with Crippen LogP contribution in [0.5, 0.6) is 0 Å². The molecule has 0 fully saturated rings. The van der Waals surface area contributed by atoms with Crippen molar-refractivity contribution in [2.24, 2.45) is 0 Å². The van der Waals surface area contributed by atoms with Crippen LogP contribution in [0.4, 0.5) is 5.69 Å². The lowest BCUT2D eigenvalue weighted by Crippen LogP contribution is -2.43. The van der Waals surface area contributed by atoms with Gasteiger partial charge in [-0.1, -0.05) is 31.0 Å². The van der Waals surface area contributed by atoms with Crippen molar-refractivity contribution in [2.75, 3.05) is 5.32 Å². The summed E-state index contributed by atoms with van der Waals surface area (Å²) < 4.78 is 0. The minimum absolute atomic E-state index is 0.0533. The van der Waals surface area contributed by atoms with Crippen LogP contribution in [0, 0.1) is 0 Å². The number of rotatable bonds is 9. The van der Waals surface area contributed by atoms with Crippen LogP contribution in [0.15, 0.2) is 35.7 Å². The van der Waals surface area contributed by atoms with E-state index in [1.807, 2.05) is 6.92 Å². The molecule has 0 saturated carbocycles. The molecule has 0 radical (unpaired) electrons. The van der Waals surface area contributed by atoms with Crippen LogP contribution in [-0.2, 0) is 9.59 Å². The van der Waals surface area contributed by atoms with Crippen molar-refractivity contribution in [2.45, 2.75) is 38.8 Å². The molecule has 0 aliphatic heterocycles. The highest BCUT2D eigenvalue weighted by Gasteiger charge is 2.22. The van der Waals surface area contributed by atoms with Crippen molar-refractivity contribution in [3.63, 3.8) is 0 Å². The lowest BCUT2D eigenvalue weighted by Gasteiger charge is -2.18. The smallest absolute Gasteiger partial charge is 0.325 e. The van der Waals surface area contributed by atoms with Gasteiger partial charge in [-0.25, -0.2) is 0 Å². The third-order valence-electron chi connectivity index (χ3n) is 4.14. The average molecular weight is 452 g/mol. The van der Waals surface area contributed by atoms with Crippen LogP contribution < -0.4 is 16.0 Å². The molecule has 0 spiro atoms. The van der Waals surface area contributed by atoms with Gasteiger partial charge in [-0.2, -0.15) is 0 Å². The Morgan fingerprint density at radius 3 is 2.43 bits per heavy atom. The van der Waals surface area contributed by atoms with E-state index in [1.165, 1.54) is 36.5 Å². The van der Waals surface area contributed by atoms with Gasteiger partial charge in [0.1, 0.15) is 12.1 Å². The lowest BCUT2D eigenvalue weighted by molar-refractivity contribution is -0.138. The fourth-order valence-electron chi connectivity index (χ4n) is 2.54. The van der Waals surface area contributed by atoms with Crippen molar-refractivity contribution in [3.8, 4) is 0 Å². The zero-order valence-corrected chi connectivity index (χ0v) is 18.0. The van der Waals surface area contributed by atoms with Crippen LogP contribution >= 0.6 is 22.9 Å². The third-order valence-corrected chi connectivity index (χ3v) is 5.32. The van der Waals surface area contributed by atoms with Crippen molar-refractivity contribution < 1.29 is 24.3 Å². The van der Waals surface area contributed by atoms with Crippen LogP contribution in [0.25, 0.3) is 0 Å². The van der Waals surface area contributed by atoms with E-state index in [9.17, 15) is 19.2 Å². The number of anilines is 1. The van der Waals surface area contributed by atoms with Gasteiger partial charge in [-0.05, 0) is 43.0 Å². The predicted octanol–water partition coefficient (Wildman–Crippen LogP) is 3.14. The van der Waals surface area contributed by atoms with Gasteiger partial charge in [0.05, 0.1) is 15.5 Å². The Kier molecular flexibility index (Phi) is 8.37. The second-order valence-electron chi connectivity index (χ2n) is 6.51. The number of carboxylic acid groups (broad SMARTS) is 1. The Balaban J connectivity index is 2.07. The molecule has 2 aromatic rings. The summed E-state index contributed by atoms with van der Waals surface area (Å²) in [5.41, 5.74) is 0.429. The van der Waals surface area contributed by atoms with E-state index < -0.39 is 29.9 Å². The second-order valence-corrected chi connectivity index (χ2v) is 7.86. The molecule has 3 amide bonds.